The van der Waals surface area contributed by atoms with E-state index in [1.54, 1.807) is 0 Å². The summed E-state index contributed by atoms with van der Waals surface area (Å²) in [5.74, 6) is 0.0208. The average molecular weight is 283 g/mol. The molecule has 2 N–H and O–H groups in total. The number of nitrogens with one attached hydrogen (secondary N) is 2. The molecule has 1 aliphatic heterocycles. The maximum atomic E-state index is 12.0. The molecule has 1 unspecified atom stereocenters. The Hall–Kier alpha value is -0.870. The molecule has 1 aromatic rings. The molecule has 1 fully saturated rings. The molecule has 1 aromatic carbocycles. The predicted molar refractivity (Wildman–Crippen MR) is 67.6 cm³/mol. The van der Waals surface area contributed by atoms with Crippen molar-refractivity contribution in [2.75, 3.05) is 13.1 Å². The average Bonchev–Trinajstić information content (AvgIpc) is 2.74. The van der Waals surface area contributed by atoms with Crippen molar-refractivity contribution in [2.45, 2.75) is 19.4 Å². The van der Waals surface area contributed by atoms with E-state index in [2.05, 4.69) is 26.6 Å². The summed E-state index contributed by atoms with van der Waals surface area (Å²) in [6.45, 7) is 3.81. The standard InChI is InChI=1S/C12H15BrN2O/c1-8-10(3-2-4-11(8)13)12(16)15-9-5-6-14-7-9/h2-4,9,14H,5-7H2,1H3,(H,15,16). The van der Waals surface area contributed by atoms with Crippen LogP contribution in [0.25, 0.3) is 0 Å². The molecule has 86 valence electrons. The number of carbonyl (C=O) groups is 1. The molecule has 0 saturated carbocycles. The number of rotatable bonds is 2. The smallest absolute Gasteiger partial charge is 0.251 e. The lowest BCUT2D eigenvalue weighted by Gasteiger charge is -2.13. The molecule has 4 heteroatoms. The first-order valence-electron chi connectivity index (χ1n) is 5.45. The molecular weight excluding hydrogens is 268 g/mol. The van der Waals surface area contributed by atoms with E-state index in [4.69, 9.17) is 0 Å². The molecular formula is C12H15BrN2O. The van der Waals surface area contributed by atoms with Gasteiger partial charge in [0, 0.05) is 22.6 Å². The molecule has 1 saturated heterocycles. The van der Waals surface area contributed by atoms with E-state index in [9.17, 15) is 4.79 Å². The number of halogens is 1. The van der Waals surface area contributed by atoms with Gasteiger partial charge in [-0.3, -0.25) is 4.79 Å². The molecule has 0 aliphatic carbocycles. The molecule has 0 spiro atoms. The van der Waals surface area contributed by atoms with Gasteiger partial charge in [0.1, 0.15) is 0 Å². The van der Waals surface area contributed by atoms with E-state index in [-0.39, 0.29) is 11.9 Å². The Balaban J connectivity index is 2.11. The molecule has 0 bridgehead atoms. The van der Waals surface area contributed by atoms with Gasteiger partial charge in [0.2, 0.25) is 0 Å². The summed E-state index contributed by atoms with van der Waals surface area (Å²) in [5, 5.41) is 6.27. The third kappa shape index (κ3) is 2.44. The van der Waals surface area contributed by atoms with Gasteiger partial charge in [0.25, 0.3) is 5.91 Å². The minimum absolute atomic E-state index is 0.0208. The summed E-state index contributed by atoms with van der Waals surface area (Å²) in [4.78, 5) is 12.0. The van der Waals surface area contributed by atoms with Crippen molar-refractivity contribution < 1.29 is 4.79 Å². The summed E-state index contributed by atoms with van der Waals surface area (Å²) in [7, 11) is 0. The minimum atomic E-state index is 0.0208. The van der Waals surface area contributed by atoms with Crippen LogP contribution in [0.1, 0.15) is 22.3 Å². The molecule has 0 aromatic heterocycles. The Bertz CT molecular complexity index is 400. The molecule has 1 atom stereocenters. The number of hydrogen-bond acceptors (Lipinski definition) is 2. The van der Waals surface area contributed by atoms with Crippen molar-refractivity contribution in [1.82, 2.24) is 10.6 Å². The van der Waals surface area contributed by atoms with Crippen LogP contribution in [0.5, 0.6) is 0 Å². The molecule has 2 rings (SSSR count). The van der Waals surface area contributed by atoms with Gasteiger partial charge in [0.05, 0.1) is 0 Å². The molecule has 16 heavy (non-hydrogen) atoms. The predicted octanol–water partition coefficient (Wildman–Crippen LogP) is 1.85. The maximum absolute atomic E-state index is 12.0. The summed E-state index contributed by atoms with van der Waals surface area (Å²) < 4.78 is 0.977. The largest absolute Gasteiger partial charge is 0.348 e. The summed E-state index contributed by atoms with van der Waals surface area (Å²) in [6, 6.07) is 5.96. The van der Waals surface area contributed by atoms with Crippen molar-refractivity contribution in [2.24, 2.45) is 0 Å². The third-order valence-corrected chi connectivity index (χ3v) is 3.77. The molecule has 1 heterocycles. The lowest BCUT2D eigenvalue weighted by atomic mass is 10.1. The van der Waals surface area contributed by atoms with Gasteiger partial charge in [-0.15, -0.1) is 0 Å². The van der Waals surface area contributed by atoms with Crippen molar-refractivity contribution >= 4 is 21.8 Å². The zero-order valence-electron chi connectivity index (χ0n) is 9.22. The second kappa shape index (κ2) is 4.97. The number of carbonyl (C=O) groups excluding carboxylic acids is 1. The van der Waals surface area contributed by atoms with E-state index in [0.29, 0.717) is 0 Å². The van der Waals surface area contributed by atoms with Crippen molar-refractivity contribution in [3.05, 3.63) is 33.8 Å². The van der Waals surface area contributed by atoms with Gasteiger partial charge >= 0.3 is 0 Å². The molecule has 0 radical (unpaired) electrons. The van der Waals surface area contributed by atoms with Crippen LogP contribution in [-0.4, -0.2) is 25.0 Å². The van der Waals surface area contributed by atoms with Crippen LogP contribution in [0.2, 0.25) is 0 Å². The molecule has 1 amide bonds. The Morgan fingerprint density at radius 1 is 1.56 bits per heavy atom. The van der Waals surface area contributed by atoms with Crippen molar-refractivity contribution in [3.8, 4) is 0 Å². The SMILES string of the molecule is Cc1c(Br)cccc1C(=O)NC1CCNC1. The van der Waals surface area contributed by atoms with Gasteiger partial charge in [0.15, 0.2) is 0 Å². The second-order valence-electron chi connectivity index (χ2n) is 4.08. The van der Waals surface area contributed by atoms with E-state index in [1.807, 2.05) is 25.1 Å². The van der Waals surface area contributed by atoms with E-state index in [1.165, 1.54) is 0 Å². The van der Waals surface area contributed by atoms with E-state index < -0.39 is 0 Å². The first kappa shape index (κ1) is 11.6. The maximum Gasteiger partial charge on any atom is 0.251 e. The number of hydrogen-bond donors (Lipinski definition) is 2. The Labute approximate surface area is 104 Å². The zero-order valence-corrected chi connectivity index (χ0v) is 10.8. The summed E-state index contributed by atoms with van der Waals surface area (Å²) in [5.41, 5.74) is 1.74. The van der Waals surface area contributed by atoms with Crippen LogP contribution >= 0.6 is 15.9 Å². The number of amides is 1. The topological polar surface area (TPSA) is 41.1 Å². The highest BCUT2D eigenvalue weighted by Crippen LogP contribution is 2.19. The zero-order chi connectivity index (χ0) is 11.5. The quantitative estimate of drug-likeness (QED) is 0.869. The lowest BCUT2D eigenvalue weighted by molar-refractivity contribution is 0.0939. The van der Waals surface area contributed by atoms with Crippen LogP contribution in [0.4, 0.5) is 0 Å². The van der Waals surface area contributed by atoms with Crippen LogP contribution in [0, 0.1) is 6.92 Å². The van der Waals surface area contributed by atoms with Crippen molar-refractivity contribution in [3.63, 3.8) is 0 Å². The highest BCUT2D eigenvalue weighted by molar-refractivity contribution is 9.10. The van der Waals surface area contributed by atoms with E-state index >= 15 is 0 Å². The minimum Gasteiger partial charge on any atom is -0.348 e. The van der Waals surface area contributed by atoms with Gasteiger partial charge in [-0.1, -0.05) is 22.0 Å². The first-order chi connectivity index (χ1) is 7.68. The van der Waals surface area contributed by atoms with Crippen LogP contribution in [-0.2, 0) is 0 Å². The van der Waals surface area contributed by atoms with Crippen molar-refractivity contribution in [1.29, 1.82) is 0 Å². The molecule has 3 nitrogen and oxygen atoms in total. The summed E-state index contributed by atoms with van der Waals surface area (Å²) >= 11 is 3.43. The van der Waals surface area contributed by atoms with Gasteiger partial charge in [-0.25, -0.2) is 0 Å². The summed E-state index contributed by atoms with van der Waals surface area (Å²) in [6.07, 6.45) is 1.01. The van der Waals surface area contributed by atoms with Gasteiger partial charge < -0.3 is 10.6 Å². The fourth-order valence-electron chi connectivity index (χ4n) is 1.89. The fourth-order valence-corrected chi connectivity index (χ4v) is 2.26. The van der Waals surface area contributed by atoms with Gasteiger partial charge in [-0.2, -0.15) is 0 Å². The number of benzene rings is 1. The van der Waals surface area contributed by atoms with E-state index in [0.717, 1.165) is 35.1 Å². The van der Waals surface area contributed by atoms with Crippen LogP contribution in [0.15, 0.2) is 22.7 Å². The third-order valence-electron chi connectivity index (χ3n) is 2.91. The van der Waals surface area contributed by atoms with Gasteiger partial charge in [-0.05, 0) is 37.6 Å². The first-order valence-corrected chi connectivity index (χ1v) is 6.24. The highest BCUT2D eigenvalue weighted by Gasteiger charge is 2.18. The second-order valence-corrected chi connectivity index (χ2v) is 4.93. The monoisotopic (exact) mass is 282 g/mol. The Morgan fingerprint density at radius 3 is 3.06 bits per heavy atom. The van der Waals surface area contributed by atoms with Crippen LogP contribution in [0.3, 0.4) is 0 Å². The highest BCUT2D eigenvalue weighted by atomic mass is 79.9. The Kier molecular flexibility index (Phi) is 3.61. The molecule has 1 aliphatic rings. The fraction of sp³-hybridized carbons (Fsp3) is 0.417. The normalized spacial score (nSPS) is 19.8. The lowest BCUT2D eigenvalue weighted by Crippen LogP contribution is -2.36. The Morgan fingerprint density at radius 2 is 2.38 bits per heavy atom. The van der Waals surface area contributed by atoms with Crippen LogP contribution < -0.4 is 10.6 Å².